The fraction of sp³-hybridized carbons (Fsp3) is 0.292. The van der Waals surface area contributed by atoms with Crippen molar-refractivity contribution in [1.82, 2.24) is 0 Å². The number of nitrogens with two attached hydrogens (primary N) is 1. The summed E-state index contributed by atoms with van der Waals surface area (Å²) < 4.78 is 44.1. The molecule has 4 N–H and O–H groups in total. The number of carbonyl (C=O) groups is 1. The number of halogens is 3. The number of hydrogen-bond acceptors (Lipinski definition) is 4. The molecule has 8 heteroatoms. The number of carboxylic acids is 1. The van der Waals surface area contributed by atoms with Gasteiger partial charge >= 0.3 is 12.1 Å². The third-order valence-electron chi connectivity index (χ3n) is 4.74. The molecule has 0 aliphatic heterocycles. The molecule has 2 aromatic carbocycles. The minimum absolute atomic E-state index is 0.213. The molecule has 0 aliphatic carbocycles. The topological polar surface area (TPSA) is 92.8 Å². The lowest BCUT2D eigenvalue weighted by Gasteiger charge is -2.19. The molecule has 172 valence electrons. The molecule has 32 heavy (non-hydrogen) atoms. The minimum atomic E-state index is -4.40. The van der Waals surface area contributed by atoms with Crippen LogP contribution in [0.5, 0.6) is 5.75 Å². The van der Waals surface area contributed by atoms with E-state index in [2.05, 4.69) is 6.58 Å². The Balaban J connectivity index is 2.35. The van der Waals surface area contributed by atoms with Crippen molar-refractivity contribution in [3.8, 4) is 5.75 Å². The summed E-state index contributed by atoms with van der Waals surface area (Å²) in [4.78, 5) is 11.1. The number of hydrogen-bond donors (Lipinski definition) is 3. The summed E-state index contributed by atoms with van der Waals surface area (Å²) in [5.74, 6) is -0.893. The van der Waals surface area contributed by atoms with E-state index in [1.165, 1.54) is 12.1 Å². The maximum atomic E-state index is 12.7. The van der Waals surface area contributed by atoms with Crippen LogP contribution < -0.4 is 10.5 Å². The first-order chi connectivity index (χ1) is 15.0. The summed E-state index contributed by atoms with van der Waals surface area (Å²) in [5.41, 5.74) is 7.21. The molecule has 0 bridgehead atoms. The first-order valence-corrected chi connectivity index (χ1v) is 9.99. The number of allylic oxidation sites excluding steroid dienone is 1. The van der Waals surface area contributed by atoms with Crippen LogP contribution in [-0.2, 0) is 11.2 Å². The van der Waals surface area contributed by atoms with Crippen LogP contribution in [0.15, 0.2) is 66.9 Å². The van der Waals surface area contributed by atoms with E-state index >= 15 is 0 Å². The van der Waals surface area contributed by atoms with Crippen molar-refractivity contribution in [2.75, 3.05) is 0 Å². The quantitative estimate of drug-likeness (QED) is 0.325. The number of benzene rings is 2. The molecule has 2 aromatic rings. The maximum Gasteiger partial charge on any atom is 0.390 e. The Labute approximate surface area is 184 Å². The molecule has 0 aliphatic rings. The predicted octanol–water partition coefficient (Wildman–Crippen LogP) is 5.58. The van der Waals surface area contributed by atoms with Gasteiger partial charge in [0.1, 0.15) is 17.6 Å². The molecule has 2 rings (SSSR count). The average molecular weight is 449 g/mol. The van der Waals surface area contributed by atoms with E-state index < -0.39 is 30.7 Å². The molecule has 2 unspecified atom stereocenters. The molecule has 0 spiro atoms. The van der Waals surface area contributed by atoms with E-state index in [0.29, 0.717) is 23.3 Å². The van der Waals surface area contributed by atoms with Gasteiger partial charge in [-0.1, -0.05) is 49.9 Å². The predicted molar refractivity (Wildman–Crippen MR) is 116 cm³/mol. The van der Waals surface area contributed by atoms with E-state index in [0.717, 1.165) is 0 Å². The molecule has 5 nitrogen and oxygen atoms in total. The standard InChI is InChI=1S/C24H26F3NO4/c1-3-19(32-22-10-5-4-7-18(22)12-23(30)31)13-20(15(2)29)16-8-6-9-17(11-16)21(28)14-24(25,26)27/h4-11,13,19,21,29H,2-3,12,14,28H2,1H3,(H,30,31)/b20-13+. The van der Waals surface area contributed by atoms with Crippen LogP contribution >= 0.6 is 0 Å². The number of alkyl halides is 3. The van der Waals surface area contributed by atoms with E-state index in [1.807, 2.05) is 6.92 Å². The summed E-state index contributed by atoms with van der Waals surface area (Å²) in [6, 6.07) is 11.6. The van der Waals surface area contributed by atoms with Crippen LogP contribution in [0.2, 0.25) is 0 Å². The highest BCUT2D eigenvalue weighted by Crippen LogP contribution is 2.31. The molecular weight excluding hydrogens is 423 g/mol. The SMILES string of the molecule is C=C(O)/C(=C\C(CC)Oc1ccccc1CC(=O)O)c1cccc(C(N)CC(F)(F)F)c1. The van der Waals surface area contributed by atoms with Gasteiger partial charge in [-0.15, -0.1) is 0 Å². The lowest BCUT2D eigenvalue weighted by molar-refractivity contribution is -0.138. The molecule has 0 radical (unpaired) electrons. The highest BCUT2D eigenvalue weighted by molar-refractivity contribution is 5.77. The van der Waals surface area contributed by atoms with Crippen LogP contribution in [0.4, 0.5) is 13.2 Å². The Morgan fingerprint density at radius 2 is 1.88 bits per heavy atom. The van der Waals surface area contributed by atoms with Crippen molar-refractivity contribution in [2.24, 2.45) is 5.73 Å². The molecule has 0 fully saturated rings. The van der Waals surface area contributed by atoms with Gasteiger partial charge < -0.3 is 20.7 Å². The summed E-state index contributed by atoms with van der Waals surface area (Å²) in [5, 5.41) is 19.3. The maximum absolute atomic E-state index is 12.7. The Morgan fingerprint density at radius 1 is 1.19 bits per heavy atom. The molecule has 0 aromatic heterocycles. The highest BCUT2D eigenvalue weighted by atomic mass is 19.4. The Bertz CT molecular complexity index is 985. The van der Waals surface area contributed by atoms with Crippen molar-refractivity contribution in [2.45, 2.75) is 44.5 Å². The van der Waals surface area contributed by atoms with Crippen LogP contribution in [-0.4, -0.2) is 28.5 Å². The van der Waals surface area contributed by atoms with Gasteiger partial charge in [0.25, 0.3) is 0 Å². The largest absolute Gasteiger partial charge is 0.508 e. The number of ether oxygens (including phenoxy) is 1. The summed E-state index contributed by atoms with van der Waals surface area (Å²) in [7, 11) is 0. The van der Waals surface area contributed by atoms with Crippen molar-refractivity contribution in [3.63, 3.8) is 0 Å². The van der Waals surface area contributed by atoms with Crippen molar-refractivity contribution in [3.05, 3.63) is 83.6 Å². The van der Waals surface area contributed by atoms with Crippen molar-refractivity contribution < 1.29 is 32.9 Å². The number of rotatable bonds is 10. The van der Waals surface area contributed by atoms with Gasteiger partial charge in [0.05, 0.1) is 12.8 Å². The zero-order valence-corrected chi connectivity index (χ0v) is 17.6. The van der Waals surface area contributed by atoms with Gasteiger partial charge in [-0.05, 0) is 35.8 Å². The minimum Gasteiger partial charge on any atom is -0.508 e. The highest BCUT2D eigenvalue weighted by Gasteiger charge is 2.31. The zero-order chi connectivity index (χ0) is 23.9. The first kappa shape index (κ1) is 25.0. The van der Waals surface area contributed by atoms with Gasteiger partial charge in [-0.25, -0.2) is 0 Å². The third-order valence-corrected chi connectivity index (χ3v) is 4.74. The second-order valence-corrected chi connectivity index (χ2v) is 7.32. The number of aliphatic hydroxyl groups is 1. The lowest BCUT2D eigenvalue weighted by Crippen LogP contribution is -2.20. The average Bonchev–Trinajstić information content (AvgIpc) is 2.70. The van der Waals surface area contributed by atoms with Gasteiger partial charge in [-0.2, -0.15) is 13.2 Å². The van der Waals surface area contributed by atoms with Crippen LogP contribution in [0.1, 0.15) is 42.5 Å². The molecular formula is C24H26F3NO4. The summed E-state index contributed by atoms with van der Waals surface area (Å²) in [6.07, 6.45) is -4.26. The fourth-order valence-corrected chi connectivity index (χ4v) is 3.18. The van der Waals surface area contributed by atoms with Crippen LogP contribution in [0.25, 0.3) is 5.57 Å². The number of aliphatic carboxylic acids is 1. The molecule has 2 atom stereocenters. The van der Waals surface area contributed by atoms with E-state index in [4.69, 9.17) is 15.6 Å². The Kier molecular flexibility index (Phi) is 8.48. The Hall–Kier alpha value is -3.26. The van der Waals surface area contributed by atoms with E-state index in [9.17, 15) is 23.1 Å². The number of carboxylic acid groups (broad SMARTS) is 1. The normalized spacial score (nSPS) is 14.0. The second-order valence-electron chi connectivity index (χ2n) is 7.32. The first-order valence-electron chi connectivity index (χ1n) is 9.99. The molecule has 0 saturated carbocycles. The smallest absolute Gasteiger partial charge is 0.390 e. The monoisotopic (exact) mass is 449 g/mol. The lowest BCUT2D eigenvalue weighted by atomic mass is 9.96. The molecule has 0 amide bonds. The fourth-order valence-electron chi connectivity index (χ4n) is 3.18. The van der Waals surface area contributed by atoms with Crippen LogP contribution in [0, 0.1) is 0 Å². The summed E-state index contributed by atoms with van der Waals surface area (Å²) in [6.45, 7) is 5.40. The van der Waals surface area contributed by atoms with Gasteiger partial charge in [0.15, 0.2) is 0 Å². The van der Waals surface area contributed by atoms with Gasteiger partial charge in [-0.3, -0.25) is 4.79 Å². The summed E-state index contributed by atoms with van der Waals surface area (Å²) >= 11 is 0. The van der Waals surface area contributed by atoms with Gasteiger partial charge in [0.2, 0.25) is 0 Å². The zero-order valence-electron chi connectivity index (χ0n) is 17.6. The number of para-hydroxylation sites is 1. The van der Waals surface area contributed by atoms with Gasteiger partial charge in [0, 0.05) is 17.2 Å². The van der Waals surface area contributed by atoms with Crippen LogP contribution in [0.3, 0.4) is 0 Å². The second kappa shape index (κ2) is 10.9. The van der Waals surface area contributed by atoms with Crippen molar-refractivity contribution in [1.29, 1.82) is 0 Å². The molecule has 0 saturated heterocycles. The Morgan fingerprint density at radius 3 is 2.47 bits per heavy atom. The molecule has 0 heterocycles. The van der Waals surface area contributed by atoms with E-state index in [-0.39, 0.29) is 23.3 Å². The van der Waals surface area contributed by atoms with Crippen molar-refractivity contribution >= 4 is 11.5 Å². The third kappa shape index (κ3) is 7.46. The van der Waals surface area contributed by atoms with E-state index in [1.54, 1.807) is 42.5 Å². The number of aliphatic hydroxyl groups excluding tert-OH is 1.